The minimum absolute atomic E-state index is 0.0880. The molecule has 4 N–H and O–H groups in total. The van der Waals surface area contributed by atoms with Crippen molar-refractivity contribution < 1.29 is 24.0 Å². The van der Waals surface area contributed by atoms with Crippen molar-refractivity contribution in [2.75, 3.05) is 11.9 Å². The fourth-order valence-electron chi connectivity index (χ4n) is 3.66. The minimum Gasteiger partial charge on any atom is -0.384 e. The molecule has 0 bridgehead atoms. The number of carbonyl (C=O) groups is 5. The predicted octanol–water partition coefficient (Wildman–Crippen LogP) is 0.935. The number of primary amides is 1. The van der Waals surface area contributed by atoms with E-state index < -0.39 is 29.7 Å². The first-order valence-electron chi connectivity index (χ1n) is 9.77. The van der Waals surface area contributed by atoms with Crippen LogP contribution in [0.2, 0.25) is 0 Å². The van der Waals surface area contributed by atoms with Gasteiger partial charge in [-0.2, -0.15) is 0 Å². The number of nitrogens with one attached hydrogen (secondary N) is 2. The number of nitrogens with zero attached hydrogens (tertiary/aromatic N) is 1. The van der Waals surface area contributed by atoms with Crippen LogP contribution in [0.3, 0.4) is 0 Å². The molecule has 1 unspecified atom stereocenters. The number of unbranched alkanes of at least 4 members (excludes halogenated alkanes) is 3. The normalized spacial score (nSPS) is 18.6. The van der Waals surface area contributed by atoms with Gasteiger partial charge in [0.25, 0.3) is 11.8 Å². The molecule has 1 saturated heterocycles. The number of rotatable bonds is 9. The van der Waals surface area contributed by atoms with Crippen LogP contribution in [0, 0.1) is 0 Å². The Kier molecular flexibility index (Phi) is 6.26. The SMILES string of the molecule is NC(=O)CCCCCCNc1cccc2c1C(=O)N(C1CCC(=O)NC1=O)C2=O. The molecule has 1 atom stereocenters. The molecule has 1 aromatic carbocycles. The third-order valence-electron chi connectivity index (χ3n) is 5.13. The van der Waals surface area contributed by atoms with Crippen LogP contribution in [0.1, 0.15) is 65.7 Å². The van der Waals surface area contributed by atoms with Crippen molar-refractivity contribution in [3.05, 3.63) is 29.3 Å². The fourth-order valence-corrected chi connectivity index (χ4v) is 3.66. The Hall–Kier alpha value is -3.23. The zero-order valence-corrected chi connectivity index (χ0v) is 16.0. The van der Waals surface area contributed by atoms with Gasteiger partial charge in [-0.3, -0.25) is 34.2 Å². The minimum atomic E-state index is -0.974. The van der Waals surface area contributed by atoms with Crippen molar-refractivity contribution in [1.29, 1.82) is 0 Å². The molecule has 29 heavy (non-hydrogen) atoms. The van der Waals surface area contributed by atoms with Crippen LogP contribution >= 0.6 is 0 Å². The van der Waals surface area contributed by atoms with Crippen molar-refractivity contribution in [1.82, 2.24) is 10.2 Å². The third-order valence-corrected chi connectivity index (χ3v) is 5.13. The van der Waals surface area contributed by atoms with E-state index in [2.05, 4.69) is 10.6 Å². The molecule has 154 valence electrons. The average Bonchev–Trinajstić information content (AvgIpc) is 2.92. The molecule has 3 rings (SSSR count). The maximum atomic E-state index is 12.9. The van der Waals surface area contributed by atoms with Crippen molar-refractivity contribution in [2.24, 2.45) is 5.73 Å². The van der Waals surface area contributed by atoms with E-state index in [1.165, 1.54) is 0 Å². The van der Waals surface area contributed by atoms with Gasteiger partial charge in [0, 0.05) is 25.1 Å². The molecule has 5 amide bonds. The molecule has 9 heteroatoms. The molecule has 0 saturated carbocycles. The van der Waals surface area contributed by atoms with Gasteiger partial charge in [-0.25, -0.2) is 0 Å². The Morgan fingerprint density at radius 3 is 2.59 bits per heavy atom. The number of nitrogens with two attached hydrogens (primary N) is 1. The first-order chi connectivity index (χ1) is 13.9. The Bertz CT molecular complexity index is 866. The van der Waals surface area contributed by atoms with Crippen LogP contribution in [0.15, 0.2) is 18.2 Å². The summed E-state index contributed by atoms with van der Waals surface area (Å²) in [5.74, 6) is -2.37. The Balaban J connectivity index is 1.63. The monoisotopic (exact) mass is 400 g/mol. The number of hydrogen-bond acceptors (Lipinski definition) is 6. The van der Waals surface area contributed by atoms with Crippen LogP contribution in [0.4, 0.5) is 5.69 Å². The molecule has 2 heterocycles. The van der Waals surface area contributed by atoms with Crippen molar-refractivity contribution in [3.8, 4) is 0 Å². The van der Waals surface area contributed by atoms with E-state index in [1.54, 1.807) is 18.2 Å². The van der Waals surface area contributed by atoms with E-state index in [0.29, 0.717) is 18.7 Å². The fraction of sp³-hybridized carbons (Fsp3) is 0.450. The van der Waals surface area contributed by atoms with Gasteiger partial charge in [0.15, 0.2) is 0 Å². The van der Waals surface area contributed by atoms with Crippen LogP contribution in [0.25, 0.3) is 0 Å². The van der Waals surface area contributed by atoms with Gasteiger partial charge in [0.05, 0.1) is 11.1 Å². The van der Waals surface area contributed by atoms with Crippen LogP contribution in [-0.4, -0.2) is 47.0 Å². The molecule has 1 fully saturated rings. The second kappa shape index (κ2) is 8.85. The molecular formula is C20H24N4O5. The lowest BCUT2D eigenvalue weighted by Gasteiger charge is -2.27. The van der Waals surface area contributed by atoms with Gasteiger partial charge in [0.2, 0.25) is 17.7 Å². The number of benzene rings is 1. The van der Waals surface area contributed by atoms with E-state index in [1.807, 2.05) is 0 Å². The highest BCUT2D eigenvalue weighted by molar-refractivity contribution is 6.25. The lowest BCUT2D eigenvalue weighted by atomic mass is 10.0. The molecule has 0 aliphatic carbocycles. The van der Waals surface area contributed by atoms with Crippen LogP contribution in [-0.2, 0) is 14.4 Å². The summed E-state index contributed by atoms with van der Waals surface area (Å²) >= 11 is 0. The van der Waals surface area contributed by atoms with E-state index in [9.17, 15) is 24.0 Å². The summed E-state index contributed by atoms with van der Waals surface area (Å²) in [4.78, 5) is 60.9. The van der Waals surface area contributed by atoms with Gasteiger partial charge in [0.1, 0.15) is 6.04 Å². The van der Waals surface area contributed by atoms with Gasteiger partial charge >= 0.3 is 0 Å². The lowest BCUT2D eigenvalue weighted by Crippen LogP contribution is -2.54. The summed E-state index contributed by atoms with van der Waals surface area (Å²) in [6, 6.07) is 4.01. The van der Waals surface area contributed by atoms with Gasteiger partial charge in [-0.05, 0) is 31.4 Å². The number of piperidine rings is 1. The summed E-state index contributed by atoms with van der Waals surface area (Å²) < 4.78 is 0. The van der Waals surface area contributed by atoms with Gasteiger partial charge < -0.3 is 11.1 Å². The Morgan fingerprint density at radius 1 is 1.10 bits per heavy atom. The highest BCUT2D eigenvalue weighted by Gasteiger charge is 2.45. The highest BCUT2D eigenvalue weighted by Crippen LogP contribution is 2.32. The lowest BCUT2D eigenvalue weighted by molar-refractivity contribution is -0.136. The van der Waals surface area contributed by atoms with Crippen molar-refractivity contribution in [3.63, 3.8) is 0 Å². The maximum absolute atomic E-state index is 12.9. The average molecular weight is 400 g/mol. The smallest absolute Gasteiger partial charge is 0.264 e. The van der Waals surface area contributed by atoms with Crippen molar-refractivity contribution >= 4 is 35.2 Å². The van der Waals surface area contributed by atoms with E-state index in [4.69, 9.17) is 5.73 Å². The number of fused-ring (bicyclic) bond motifs is 1. The molecule has 0 spiro atoms. The molecule has 2 aliphatic heterocycles. The third kappa shape index (κ3) is 4.44. The Labute approximate surface area is 168 Å². The van der Waals surface area contributed by atoms with Gasteiger partial charge in [-0.1, -0.05) is 18.9 Å². The number of amides is 5. The first kappa shape index (κ1) is 20.5. The molecule has 9 nitrogen and oxygen atoms in total. The van der Waals surface area contributed by atoms with Gasteiger partial charge in [-0.15, -0.1) is 0 Å². The summed E-state index contributed by atoms with van der Waals surface area (Å²) in [6.07, 6.45) is 3.98. The summed E-state index contributed by atoms with van der Waals surface area (Å²) in [6.45, 7) is 0.604. The van der Waals surface area contributed by atoms with E-state index in [-0.39, 0.29) is 29.9 Å². The van der Waals surface area contributed by atoms with E-state index in [0.717, 1.165) is 30.6 Å². The highest BCUT2D eigenvalue weighted by atomic mass is 16.2. The zero-order valence-electron chi connectivity index (χ0n) is 16.0. The predicted molar refractivity (Wildman–Crippen MR) is 104 cm³/mol. The number of anilines is 1. The molecule has 1 aromatic rings. The molecule has 2 aliphatic rings. The van der Waals surface area contributed by atoms with Crippen LogP contribution in [0.5, 0.6) is 0 Å². The number of hydrogen-bond donors (Lipinski definition) is 3. The summed E-state index contributed by atoms with van der Waals surface area (Å²) in [5, 5.41) is 5.38. The summed E-state index contributed by atoms with van der Waals surface area (Å²) in [5.41, 5.74) is 6.17. The Morgan fingerprint density at radius 2 is 1.86 bits per heavy atom. The van der Waals surface area contributed by atoms with Crippen molar-refractivity contribution in [2.45, 2.75) is 51.0 Å². The number of carbonyl (C=O) groups excluding carboxylic acids is 5. The standard InChI is InChI=1S/C20H24N4O5/c21-15(25)8-3-1-2-4-11-22-13-7-5-6-12-17(13)20(29)24(19(12)28)14-9-10-16(26)23-18(14)27/h5-7,14,22H,1-4,8-11H2,(H2,21,25)(H,23,26,27). The van der Waals surface area contributed by atoms with E-state index >= 15 is 0 Å². The largest absolute Gasteiger partial charge is 0.384 e. The molecule has 0 aromatic heterocycles. The molecular weight excluding hydrogens is 376 g/mol. The number of imide groups is 2. The topological polar surface area (TPSA) is 139 Å². The first-order valence-corrected chi connectivity index (χ1v) is 9.77. The second-order valence-corrected chi connectivity index (χ2v) is 7.23. The van der Waals surface area contributed by atoms with Crippen LogP contribution < -0.4 is 16.4 Å². The zero-order chi connectivity index (χ0) is 21.0. The second-order valence-electron chi connectivity index (χ2n) is 7.23. The maximum Gasteiger partial charge on any atom is 0.264 e. The molecule has 0 radical (unpaired) electrons. The quantitative estimate of drug-likeness (QED) is 0.416. The summed E-state index contributed by atoms with van der Waals surface area (Å²) in [7, 11) is 0.